The van der Waals surface area contributed by atoms with Crippen molar-refractivity contribution in [3.8, 4) is 0 Å². The quantitative estimate of drug-likeness (QED) is 0.258. The van der Waals surface area contributed by atoms with Crippen molar-refractivity contribution in [3.63, 3.8) is 0 Å². The third-order valence-corrected chi connectivity index (χ3v) is 5.81. The fraction of sp³-hybridized carbons (Fsp3) is 0.120. The molecule has 0 saturated heterocycles. The Morgan fingerprint density at radius 2 is 1.00 bits per heavy atom. The average molecular weight is 458 g/mol. The van der Waals surface area contributed by atoms with Crippen LogP contribution in [0.2, 0.25) is 0 Å². The lowest BCUT2D eigenvalue weighted by Crippen LogP contribution is -2.13. The highest BCUT2D eigenvalue weighted by Gasteiger charge is 2.38. The number of nitrogens with one attached hydrogen (secondary N) is 2. The monoisotopic (exact) mass is 458 g/mol. The van der Waals surface area contributed by atoms with Crippen molar-refractivity contribution in [2.24, 2.45) is 0 Å². The maximum absolute atomic E-state index is 13.6. The predicted octanol–water partition coefficient (Wildman–Crippen LogP) is 7.87. The number of alkyl halides is 6. The standard InChI is InChI=1S/C25H16F6N2/c26-24(27,28)15-9-14(10-16(11-15)25(29,30)31)23(19-12-32-21-7-3-1-5-17(19)21)20-13-33-22-8-4-2-6-18(20)22/h1-13,23,32-33H. The molecule has 0 bridgehead atoms. The number of rotatable bonds is 3. The normalized spacial score (nSPS) is 12.8. The minimum atomic E-state index is -4.93. The van der Waals surface area contributed by atoms with E-state index in [1.165, 1.54) is 0 Å². The summed E-state index contributed by atoms with van der Waals surface area (Å²) in [6.45, 7) is 0. The summed E-state index contributed by atoms with van der Waals surface area (Å²) in [5.41, 5.74) is -0.119. The molecule has 8 heteroatoms. The Bertz CT molecular complexity index is 1350. The van der Waals surface area contributed by atoms with Crippen LogP contribution in [0.4, 0.5) is 26.3 Å². The lowest BCUT2D eigenvalue weighted by atomic mass is 9.83. The zero-order chi connectivity index (χ0) is 23.4. The molecule has 0 spiro atoms. The van der Waals surface area contributed by atoms with E-state index in [1.807, 2.05) is 0 Å². The van der Waals surface area contributed by atoms with Gasteiger partial charge in [-0.1, -0.05) is 36.4 Å². The van der Waals surface area contributed by atoms with Gasteiger partial charge in [0.25, 0.3) is 0 Å². The van der Waals surface area contributed by atoms with Gasteiger partial charge in [-0.15, -0.1) is 0 Å². The molecule has 0 amide bonds. The molecular weight excluding hydrogens is 442 g/mol. The average Bonchev–Trinajstić information content (AvgIpc) is 3.38. The smallest absolute Gasteiger partial charge is 0.361 e. The zero-order valence-corrected chi connectivity index (χ0v) is 16.9. The maximum atomic E-state index is 13.6. The molecule has 5 aromatic rings. The first-order valence-electron chi connectivity index (χ1n) is 10.0. The van der Waals surface area contributed by atoms with Gasteiger partial charge in [0, 0.05) is 40.1 Å². The Balaban J connectivity index is 1.84. The van der Waals surface area contributed by atoms with E-state index in [4.69, 9.17) is 0 Å². The number of hydrogen-bond donors (Lipinski definition) is 2. The molecule has 2 N–H and O–H groups in total. The minimum Gasteiger partial charge on any atom is -0.361 e. The largest absolute Gasteiger partial charge is 0.416 e. The number of aromatic nitrogens is 2. The molecule has 0 unspecified atom stereocenters. The van der Waals surface area contributed by atoms with Crippen LogP contribution in [-0.4, -0.2) is 9.97 Å². The number of fused-ring (bicyclic) bond motifs is 2. The Labute approximate surface area is 183 Å². The summed E-state index contributed by atoms with van der Waals surface area (Å²) in [5, 5.41) is 1.44. The molecular formula is C25H16F6N2. The van der Waals surface area contributed by atoms with Crippen LogP contribution in [0.3, 0.4) is 0 Å². The van der Waals surface area contributed by atoms with Crippen molar-refractivity contribution in [3.05, 3.63) is 107 Å². The summed E-state index contributed by atoms with van der Waals surface area (Å²) in [6, 6.07) is 16.1. The molecule has 2 heterocycles. The summed E-state index contributed by atoms with van der Waals surface area (Å²) in [4.78, 5) is 6.17. The second kappa shape index (κ2) is 7.43. The Morgan fingerprint density at radius 3 is 1.42 bits per heavy atom. The summed E-state index contributed by atoms with van der Waals surface area (Å²) in [5.74, 6) is -0.874. The minimum absolute atomic E-state index is 0.0911. The first-order chi connectivity index (χ1) is 15.6. The highest BCUT2D eigenvalue weighted by Crippen LogP contribution is 2.43. The fourth-order valence-electron chi connectivity index (χ4n) is 4.34. The molecule has 0 aliphatic heterocycles. The van der Waals surface area contributed by atoms with Crippen LogP contribution in [0.1, 0.15) is 33.7 Å². The Morgan fingerprint density at radius 1 is 0.576 bits per heavy atom. The molecule has 0 atom stereocenters. The van der Waals surface area contributed by atoms with Gasteiger partial charge in [0.05, 0.1) is 11.1 Å². The topological polar surface area (TPSA) is 31.6 Å². The van der Waals surface area contributed by atoms with Crippen molar-refractivity contribution < 1.29 is 26.3 Å². The van der Waals surface area contributed by atoms with E-state index in [-0.39, 0.29) is 11.6 Å². The van der Waals surface area contributed by atoms with Gasteiger partial charge < -0.3 is 9.97 Å². The van der Waals surface area contributed by atoms with Gasteiger partial charge in [-0.3, -0.25) is 0 Å². The summed E-state index contributed by atoms with van der Waals surface area (Å²) >= 11 is 0. The van der Waals surface area contributed by atoms with Crippen molar-refractivity contribution in [2.45, 2.75) is 18.3 Å². The number of hydrogen-bond acceptors (Lipinski definition) is 0. The van der Waals surface area contributed by atoms with Crippen LogP contribution in [0.25, 0.3) is 21.8 Å². The highest BCUT2D eigenvalue weighted by atomic mass is 19.4. The van der Waals surface area contributed by atoms with E-state index in [9.17, 15) is 26.3 Å². The van der Waals surface area contributed by atoms with Crippen LogP contribution in [0, 0.1) is 0 Å². The summed E-state index contributed by atoms with van der Waals surface area (Å²) in [6.07, 6.45) is -6.57. The number of halogens is 6. The molecule has 2 aromatic heterocycles. The molecule has 0 aliphatic rings. The molecule has 0 fully saturated rings. The van der Waals surface area contributed by atoms with Crippen LogP contribution < -0.4 is 0 Å². The number of aromatic amines is 2. The van der Waals surface area contributed by atoms with Gasteiger partial charge >= 0.3 is 12.4 Å². The molecule has 3 aromatic carbocycles. The SMILES string of the molecule is FC(F)(F)c1cc(C(c2c[nH]c3ccccc23)c2c[nH]c3ccccc23)cc(C(F)(F)F)c1. The molecule has 2 nitrogen and oxygen atoms in total. The summed E-state index contributed by atoms with van der Waals surface area (Å²) in [7, 11) is 0. The van der Waals surface area contributed by atoms with Gasteiger partial charge in [0.15, 0.2) is 0 Å². The van der Waals surface area contributed by atoms with Gasteiger partial charge in [0.1, 0.15) is 0 Å². The molecule has 0 saturated carbocycles. The first-order valence-corrected chi connectivity index (χ1v) is 10.0. The lowest BCUT2D eigenvalue weighted by Gasteiger charge is -2.21. The first kappa shape index (κ1) is 21.2. The van der Waals surface area contributed by atoms with Gasteiger partial charge in [0.2, 0.25) is 0 Å². The van der Waals surface area contributed by atoms with Crippen molar-refractivity contribution in [1.29, 1.82) is 0 Å². The lowest BCUT2D eigenvalue weighted by molar-refractivity contribution is -0.143. The van der Waals surface area contributed by atoms with Crippen molar-refractivity contribution in [1.82, 2.24) is 9.97 Å². The van der Waals surface area contributed by atoms with Gasteiger partial charge in [-0.25, -0.2) is 0 Å². The number of H-pyrrole nitrogens is 2. The van der Waals surface area contributed by atoms with Crippen LogP contribution in [-0.2, 0) is 12.4 Å². The second-order valence-electron chi connectivity index (χ2n) is 7.85. The van der Waals surface area contributed by atoms with Crippen LogP contribution in [0.15, 0.2) is 79.1 Å². The maximum Gasteiger partial charge on any atom is 0.416 e. The molecule has 0 radical (unpaired) electrons. The van der Waals surface area contributed by atoms with E-state index in [0.717, 1.165) is 33.9 Å². The zero-order valence-electron chi connectivity index (χ0n) is 16.9. The van der Waals surface area contributed by atoms with Crippen molar-refractivity contribution >= 4 is 21.8 Å². The van der Waals surface area contributed by atoms with Crippen molar-refractivity contribution in [2.75, 3.05) is 0 Å². The molecule has 168 valence electrons. The molecule has 33 heavy (non-hydrogen) atoms. The van der Waals surface area contributed by atoms with E-state index < -0.39 is 29.4 Å². The van der Waals surface area contributed by atoms with E-state index in [0.29, 0.717) is 11.1 Å². The Hall–Kier alpha value is -3.68. The highest BCUT2D eigenvalue weighted by molar-refractivity contribution is 5.89. The summed E-state index contributed by atoms with van der Waals surface area (Å²) < 4.78 is 81.7. The fourth-order valence-corrected chi connectivity index (χ4v) is 4.34. The number of benzene rings is 3. The van der Waals surface area contributed by atoms with E-state index in [1.54, 1.807) is 60.9 Å². The van der Waals surface area contributed by atoms with E-state index >= 15 is 0 Å². The third-order valence-electron chi connectivity index (χ3n) is 5.81. The van der Waals surface area contributed by atoms with Gasteiger partial charge in [-0.2, -0.15) is 26.3 Å². The van der Waals surface area contributed by atoms with E-state index in [2.05, 4.69) is 9.97 Å². The third kappa shape index (κ3) is 3.75. The van der Waals surface area contributed by atoms with Gasteiger partial charge in [-0.05, 0) is 47.0 Å². The Kier molecular flexibility index (Phi) is 4.77. The van der Waals surface area contributed by atoms with Crippen LogP contribution in [0.5, 0.6) is 0 Å². The van der Waals surface area contributed by atoms with Crippen LogP contribution >= 0.6 is 0 Å². The predicted molar refractivity (Wildman–Crippen MR) is 114 cm³/mol. The second-order valence-corrected chi connectivity index (χ2v) is 7.85. The molecule has 5 rings (SSSR count). The molecule has 0 aliphatic carbocycles. The number of para-hydroxylation sites is 2.